The van der Waals surface area contributed by atoms with Crippen LogP contribution in [0.4, 0.5) is 5.82 Å². The molecule has 2 heterocycles. The van der Waals surface area contributed by atoms with Crippen molar-refractivity contribution in [2.75, 3.05) is 18.0 Å². The molecule has 0 saturated carbocycles. The predicted octanol–water partition coefficient (Wildman–Crippen LogP) is 2.37. The third kappa shape index (κ3) is 3.38. The average molecular weight is 324 g/mol. The molecule has 0 radical (unpaired) electrons. The Kier molecular flexibility index (Phi) is 5.05. The lowest BCUT2D eigenvalue weighted by molar-refractivity contribution is 0.658. The Morgan fingerprint density at radius 1 is 1.17 bits per heavy atom. The molecule has 0 bridgehead atoms. The van der Waals surface area contributed by atoms with Crippen molar-refractivity contribution in [1.82, 2.24) is 19.7 Å². The van der Waals surface area contributed by atoms with E-state index >= 15 is 0 Å². The van der Waals surface area contributed by atoms with Crippen molar-refractivity contribution in [3.05, 3.63) is 48.0 Å². The second-order valence-corrected chi connectivity index (χ2v) is 5.74. The molecule has 0 aliphatic rings. The number of aryl methyl sites for hydroxylation is 1. The Bertz CT molecular complexity index is 810. The lowest BCUT2D eigenvalue weighted by atomic mass is 10.2. The van der Waals surface area contributed by atoms with Crippen molar-refractivity contribution in [2.45, 2.75) is 33.4 Å². The molecule has 126 valence electrons. The van der Waals surface area contributed by atoms with E-state index in [0.29, 0.717) is 13.0 Å². The largest absolute Gasteiger partial charge is 0.352 e. The standard InChI is InChI=1S/C18H24N6/c1-3-23(12-14-11-20-24(4-2)13-14)18-15-7-5-6-8-16(15)21-17(22-18)9-10-19/h5-8,11,13H,3-4,9-10,12,19H2,1-2H3. The quantitative estimate of drug-likeness (QED) is 0.722. The smallest absolute Gasteiger partial charge is 0.140 e. The number of nitrogens with two attached hydrogens (primary N) is 1. The second kappa shape index (κ2) is 7.40. The summed E-state index contributed by atoms with van der Waals surface area (Å²) in [7, 11) is 0. The monoisotopic (exact) mass is 324 g/mol. The van der Waals surface area contributed by atoms with E-state index in [1.54, 1.807) is 0 Å². The molecule has 6 heteroatoms. The van der Waals surface area contributed by atoms with E-state index in [1.807, 2.05) is 29.1 Å². The summed E-state index contributed by atoms with van der Waals surface area (Å²) in [6, 6.07) is 8.14. The van der Waals surface area contributed by atoms with Crippen molar-refractivity contribution in [3.8, 4) is 0 Å². The summed E-state index contributed by atoms with van der Waals surface area (Å²) in [6.45, 7) is 7.30. The molecule has 0 amide bonds. The minimum absolute atomic E-state index is 0.549. The zero-order valence-corrected chi connectivity index (χ0v) is 14.3. The van der Waals surface area contributed by atoms with Crippen LogP contribution < -0.4 is 10.6 Å². The van der Waals surface area contributed by atoms with E-state index < -0.39 is 0 Å². The molecule has 0 saturated heterocycles. The first-order valence-corrected chi connectivity index (χ1v) is 8.47. The van der Waals surface area contributed by atoms with Crippen LogP contribution in [0.15, 0.2) is 36.7 Å². The molecule has 2 N–H and O–H groups in total. The summed E-state index contributed by atoms with van der Waals surface area (Å²) in [5.41, 5.74) is 7.85. The van der Waals surface area contributed by atoms with Crippen LogP contribution in [0.25, 0.3) is 10.9 Å². The fourth-order valence-corrected chi connectivity index (χ4v) is 2.81. The van der Waals surface area contributed by atoms with E-state index in [-0.39, 0.29) is 0 Å². The molecule has 2 aromatic heterocycles. The highest BCUT2D eigenvalue weighted by molar-refractivity contribution is 5.89. The maximum Gasteiger partial charge on any atom is 0.140 e. The predicted molar refractivity (Wildman–Crippen MR) is 96.9 cm³/mol. The topological polar surface area (TPSA) is 72.9 Å². The lowest BCUT2D eigenvalue weighted by Crippen LogP contribution is -2.24. The van der Waals surface area contributed by atoms with Gasteiger partial charge in [0.25, 0.3) is 0 Å². The van der Waals surface area contributed by atoms with Gasteiger partial charge in [-0.1, -0.05) is 12.1 Å². The molecule has 0 spiro atoms. The van der Waals surface area contributed by atoms with E-state index in [9.17, 15) is 0 Å². The molecule has 3 rings (SSSR count). The molecule has 0 aliphatic heterocycles. The fraction of sp³-hybridized carbons (Fsp3) is 0.389. The Labute approximate surface area is 142 Å². The van der Waals surface area contributed by atoms with Gasteiger partial charge >= 0.3 is 0 Å². The minimum Gasteiger partial charge on any atom is -0.352 e. The number of anilines is 1. The van der Waals surface area contributed by atoms with Crippen LogP contribution in [-0.4, -0.2) is 32.8 Å². The van der Waals surface area contributed by atoms with E-state index in [4.69, 9.17) is 10.7 Å². The van der Waals surface area contributed by atoms with E-state index in [0.717, 1.165) is 42.2 Å². The highest BCUT2D eigenvalue weighted by Gasteiger charge is 2.14. The third-order valence-electron chi connectivity index (χ3n) is 4.06. The zero-order valence-electron chi connectivity index (χ0n) is 14.3. The molecule has 6 nitrogen and oxygen atoms in total. The number of para-hydroxylation sites is 1. The first-order valence-electron chi connectivity index (χ1n) is 8.47. The third-order valence-corrected chi connectivity index (χ3v) is 4.06. The summed E-state index contributed by atoms with van der Waals surface area (Å²) >= 11 is 0. The second-order valence-electron chi connectivity index (χ2n) is 5.74. The van der Waals surface area contributed by atoms with Crippen LogP contribution in [0.5, 0.6) is 0 Å². The highest BCUT2D eigenvalue weighted by atomic mass is 15.3. The SMILES string of the molecule is CCN(Cc1cnn(CC)c1)c1nc(CCN)nc2ccccc12. The van der Waals surface area contributed by atoms with Crippen molar-refractivity contribution in [2.24, 2.45) is 5.73 Å². The maximum atomic E-state index is 5.70. The molecule has 3 aromatic rings. The van der Waals surface area contributed by atoms with Gasteiger partial charge < -0.3 is 10.6 Å². The van der Waals surface area contributed by atoms with Crippen molar-refractivity contribution >= 4 is 16.7 Å². The van der Waals surface area contributed by atoms with Crippen LogP contribution >= 0.6 is 0 Å². The van der Waals surface area contributed by atoms with Gasteiger partial charge in [-0.05, 0) is 32.5 Å². The number of rotatable bonds is 7. The minimum atomic E-state index is 0.549. The van der Waals surface area contributed by atoms with E-state index in [1.165, 1.54) is 5.56 Å². The summed E-state index contributed by atoms with van der Waals surface area (Å²) in [5.74, 6) is 1.77. The highest BCUT2D eigenvalue weighted by Crippen LogP contribution is 2.25. The number of benzene rings is 1. The van der Waals surface area contributed by atoms with Crippen LogP contribution in [0.2, 0.25) is 0 Å². The van der Waals surface area contributed by atoms with Gasteiger partial charge in [0.1, 0.15) is 11.6 Å². The molecule has 0 fully saturated rings. The van der Waals surface area contributed by atoms with Crippen LogP contribution in [0.1, 0.15) is 25.2 Å². The van der Waals surface area contributed by atoms with Gasteiger partial charge in [0.2, 0.25) is 0 Å². The van der Waals surface area contributed by atoms with Gasteiger partial charge in [0.05, 0.1) is 11.7 Å². The molecule has 0 aliphatic carbocycles. The Hall–Kier alpha value is -2.47. The Morgan fingerprint density at radius 3 is 2.71 bits per heavy atom. The van der Waals surface area contributed by atoms with Gasteiger partial charge in [-0.25, -0.2) is 9.97 Å². The first kappa shape index (κ1) is 16.4. The number of nitrogens with zero attached hydrogens (tertiary/aromatic N) is 5. The molecular weight excluding hydrogens is 300 g/mol. The van der Waals surface area contributed by atoms with Crippen LogP contribution in [0, 0.1) is 0 Å². The van der Waals surface area contributed by atoms with Gasteiger partial charge in [0, 0.05) is 43.2 Å². The van der Waals surface area contributed by atoms with Crippen LogP contribution in [-0.2, 0) is 19.5 Å². The van der Waals surface area contributed by atoms with Crippen molar-refractivity contribution < 1.29 is 0 Å². The van der Waals surface area contributed by atoms with Crippen molar-refractivity contribution in [1.29, 1.82) is 0 Å². The summed E-state index contributed by atoms with van der Waals surface area (Å²) in [4.78, 5) is 11.7. The number of hydrogen-bond acceptors (Lipinski definition) is 5. The lowest BCUT2D eigenvalue weighted by Gasteiger charge is -2.23. The summed E-state index contributed by atoms with van der Waals surface area (Å²) in [5, 5.41) is 5.44. The number of hydrogen-bond donors (Lipinski definition) is 1. The Balaban J connectivity index is 2.00. The van der Waals surface area contributed by atoms with Gasteiger partial charge in [-0.2, -0.15) is 5.10 Å². The average Bonchev–Trinajstić information content (AvgIpc) is 3.07. The first-order chi connectivity index (χ1) is 11.7. The number of aromatic nitrogens is 4. The summed E-state index contributed by atoms with van der Waals surface area (Å²) < 4.78 is 1.95. The van der Waals surface area contributed by atoms with Gasteiger partial charge in [-0.3, -0.25) is 4.68 Å². The fourth-order valence-electron chi connectivity index (χ4n) is 2.81. The van der Waals surface area contributed by atoms with Gasteiger partial charge in [0.15, 0.2) is 0 Å². The van der Waals surface area contributed by atoms with Crippen molar-refractivity contribution in [3.63, 3.8) is 0 Å². The number of fused-ring (bicyclic) bond motifs is 1. The molecular formula is C18H24N6. The molecule has 1 aromatic carbocycles. The Morgan fingerprint density at radius 2 is 2.00 bits per heavy atom. The molecule has 24 heavy (non-hydrogen) atoms. The molecule has 0 unspecified atom stereocenters. The normalized spacial score (nSPS) is 11.1. The molecule has 0 atom stereocenters. The van der Waals surface area contributed by atoms with Crippen LogP contribution in [0.3, 0.4) is 0 Å². The summed E-state index contributed by atoms with van der Waals surface area (Å²) in [6.07, 6.45) is 4.70. The van der Waals surface area contributed by atoms with E-state index in [2.05, 4.69) is 41.1 Å². The maximum absolute atomic E-state index is 5.70. The zero-order chi connectivity index (χ0) is 16.9. The van der Waals surface area contributed by atoms with Gasteiger partial charge in [-0.15, -0.1) is 0 Å².